The Bertz CT molecular complexity index is 872. The Morgan fingerprint density at radius 1 is 1.33 bits per heavy atom. The van der Waals surface area contributed by atoms with Gasteiger partial charge in [0.15, 0.2) is 0 Å². The summed E-state index contributed by atoms with van der Waals surface area (Å²) in [6, 6.07) is 7.69. The molecule has 0 spiro atoms. The van der Waals surface area contributed by atoms with Crippen molar-refractivity contribution in [1.29, 1.82) is 0 Å². The molecule has 0 unspecified atom stereocenters. The third-order valence-electron chi connectivity index (χ3n) is 3.61. The van der Waals surface area contributed by atoms with Crippen LogP contribution in [-0.2, 0) is 16.1 Å². The monoisotopic (exact) mass is 362 g/mol. The number of rotatable bonds is 5. The average Bonchev–Trinajstić information content (AvgIpc) is 3.01. The molecule has 24 heavy (non-hydrogen) atoms. The van der Waals surface area contributed by atoms with E-state index >= 15 is 0 Å². The van der Waals surface area contributed by atoms with Gasteiger partial charge >= 0.3 is 5.97 Å². The van der Waals surface area contributed by atoms with Crippen molar-refractivity contribution in [3.63, 3.8) is 0 Å². The number of thiocarbonyl (C=S) groups is 1. The van der Waals surface area contributed by atoms with Crippen LogP contribution in [0.1, 0.15) is 5.56 Å². The zero-order valence-corrected chi connectivity index (χ0v) is 14.1. The molecule has 1 saturated heterocycles. The van der Waals surface area contributed by atoms with E-state index in [-0.39, 0.29) is 10.9 Å². The molecule has 1 aromatic carbocycles. The Kier molecular flexibility index (Phi) is 4.70. The van der Waals surface area contributed by atoms with Crippen LogP contribution >= 0.6 is 24.0 Å². The lowest BCUT2D eigenvalue weighted by atomic mass is 10.1. The van der Waals surface area contributed by atoms with E-state index in [1.165, 1.54) is 0 Å². The molecule has 0 radical (unpaired) electrons. The second kappa shape index (κ2) is 6.76. The Balaban J connectivity index is 2.00. The molecule has 0 atom stereocenters. The summed E-state index contributed by atoms with van der Waals surface area (Å²) in [5.74, 6) is -1.50. The highest BCUT2D eigenvalue weighted by Crippen LogP contribution is 2.34. The van der Waals surface area contributed by atoms with Gasteiger partial charge in [-0.2, -0.15) is 0 Å². The lowest BCUT2D eigenvalue weighted by Gasteiger charge is -2.10. The maximum absolute atomic E-state index is 12.4. The summed E-state index contributed by atoms with van der Waals surface area (Å²) in [7, 11) is 0. The number of aliphatic hydroxyl groups is 1. The largest absolute Gasteiger partial charge is 0.480 e. The van der Waals surface area contributed by atoms with Gasteiger partial charge in [0.05, 0.1) is 11.5 Å². The number of aliphatic carboxylic acids is 1. The maximum Gasteiger partial charge on any atom is 0.323 e. The van der Waals surface area contributed by atoms with E-state index in [0.29, 0.717) is 11.4 Å². The summed E-state index contributed by atoms with van der Waals surface area (Å²) < 4.78 is 2.16. The molecular formula is C16H14N2O4S2. The Morgan fingerprint density at radius 3 is 2.79 bits per heavy atom. The molecule has 2 heterocycles. The highest BCUT2D eigenvalue weighted by Gasteiger charge is 2.33. The van der Waals surface area contributed by atoms with E-state index in [4.69, 9.17) is 17.3 Å². The van der Waals surface area contributed by atoms with Crippen LogP contribution in [0.15, 0.2) is 35.4 Å². The van der Waals surface area contributed by atoms with Gasteiger partial charge in [0.25, 0.3) is 5.91 Å². The van der Waals surface area contributed by atoms with Crippen molar-refractivity contribution < 1.29 is 19.8 Å². The number of carboxylic acid groups (broad SMARTS) is 1. The molecule has 1 aromatic heterocycles. The fourth-order valence-electron chi connectivity index (χ4n) is 2.60. The van der Waals surface area contributed by atoms with Gasteiger partial charge in [0.2, 0.25) is 0 Å². The number of carbonyl (C=O) groups excluding carboxylic acids is 1. The molecule has 1 fully saturated rings. The number of nitrogens with zero attached hydrogens (tertiary/aromatic N) is 2. The van der Waals surface area contributed by atoms with Gasteiger partial charge in [-0.05, 0) is 12.1 Å². The lowest BCUT2D eigenvalue weighted by molar-refractivity contribution is -0.140. The Morgan fingerprint density at radius 2 is 2.08 bits per heavy atom. The standard InChI is InChI=1S/C16H14N2O4S2/c19-6-5-17-8-10(11-3-1-2-4-12(11)17)7-13-15(22)18(9-14(20)21)16(23)24-13/h1-4,7-8,19H,5-6,9H2,(H,20,21)/b13-7-. The molecule has 1 aliphatic heterocycles. The molecule has 1 amide bonds. The van der Waals surface area contributed by atoms with E-state index in [9.17, 15) is 14.7 Å². The molecule has 6 nitrogen and oxygen atoms in total. The van der Waals surface area contributed by atoms with Crippen LogP contribution in [0.4, 0.5) is 0 Å². The van der Waals surface area contributed by atoms with Crippen molar-refractivity contribution in [2.45, 2.75) is 6.54 Å². The fourth-order valence-corrected chi connectivity index (χ4v) is 3.84. The average molecular weight is 362 g/mol. The molecule has 2 aromatic rings. The van der Waals surface area contributed by atoms with Crippen LogP contribution < -0.4 is 0 Å². The third kappa shape index (κ3) is 3.08. The molecular weight excluding hydrogens is 348 g/mol. The van der Waals surface area contributed by atoms with Gasteiger partial charge in [-0.1, -0.05) is 42.2 Å². The van der Waals surface area contributed by atoms with E-state index < -0.39 is 18.4 Å². The molecule has 8 heteroatoms. The zero-order chi connectivity index (χ0) is 17.3. The zero-order valence-electron chi connectivity index (χ0n) is 12.5. The van der Waals surface area contributed by atoms with Crippen LogP contribution in [0.5, 0.6) is 0 Å². The van der Waals surface area contributed by atoms with E-state index in [1.807, 2.05) is 35.0 Å². The SMILES string of the molecule is O=C(O)CN1C(=O)/C(=C/c2cn(CCO)c3ccccc23)SC1=S. The highest BCUT2D eigenvalue weighted by atomic mass is 32.2. The number of benzene rings is 1. The molecule has 0 saturated carbocycles. The number of fused-ring (bicyclic) bond motifs is 1. The van der Waals surface area contributed by atoms with Crippen molar-refractivity contribution in [3.05, 3.63) is 40.9 Å². The number of aliphatic hydroxyl groups excluding tert-OH is 1. The topological polar surface area (TPSA) is 82.8 Å². The van der Waals surface area contributed by atoms with Crippen LogP contribution in [-0.4, -0.2) is 49.0 Å². The van der Waals surface area contributed by atoms with Gasteiger partial charge in [-0.15, -0.1) is 0 Å². The van der Waals surface area contributed by atoms with Crippen LogP contribution in [0, 0.1) is 0 Å². The normalized spacial score (nSPS) is 16.5. The van der Waals surface area contributed by atoms with Gasteiger partial charge in [-0.25, -0.2) is 0 Å². The highest BCUT2D eigenvalue weighted by molar-refractivity contribution is 8.26. The number of aromatic nitrogens is 1. The predicted octanol–water partition coefficient (Wildman–Crippen LogP) is 1.92. The number of thioether (sulfide) groups is 1. The quantitative estimate of drug-likeness (QED) is 0.625. The van der Waals surface area contributed by atoms with Crippen LogP contribution in [0.3, 0.4) is 0 Å². The first-order valence-electron chi connectivity index (χ1n) is 7.17. The van der Waals surface area contributed by atoms with E-state index in [2.05, 4.69) is 0 Å². The summed E-state index contributed by atoms with van der Waals surface area (Å²) in [5.41, 5.74) is 1.79. The first-order chi connectivity index (χ1) is 11.5. The van der Waals surface area contributed by atoms with Crippen LogP contribution in [0.25, 0.3) is 17.0 Å². The minimum Gasteiger partial charge on any atom is -0.480 e. The molecule has 124 valence electrons. The van der Waals surface area contributed by atoms with Crippen molar-refractivity contribution in [1.82, 2.24) is 9.47 Å². The number of hydrogen-bond acceptors (Lipinski definition) is 5. The number of carbonyl (C=O) groups is 2. The summed E-state index contributed by atoms with van der Waals surface area (Å²) in [6.45, 7) is 0.0292. The summed E-state index contributed by atoms with van der Waals surface area (Å²) in [5, 5.41) is 19.0. The smallest absolute Gasteiger partial charge is 0.323 e. The van der Waals surface area contributed by atoms with Gasteiger partial charge in [0.1, 0.15) is 10.9 Å². The van der Waals surface area contributed by atoms with Crippen molar-refractivity contribution >= 4 is 57.2 Å². The predicted molar refractivity (Wildman–Crippen MR) is 96.5 cm³/mol. The van der Waals surface area contributed by atoms with Gasteiger partial charge in [0, 0.05) is 29.2 Å². The Hall–Kier alpha value is -2.16. The number of amides is 1. The first-order valence-corrected chi connectivity index (χ1v) is 8.39. The minimum absolute atomic E-state index is 0.0127. The third-order valence-corrected chi connectivity index (χ3v) is 4.99. The number of carboxylic acids is 1. The maximum atomic E-state index is 12.4. The molecule has 1 aliphatic rings. The van der Waals surface area contributed by atoms with Crippen molar-refractivity contribution in [2.75, 3.05) is 13.2 Å². The number of para-hydroxylation sites is 1. The first kappa shape index (κ1) is 16.7. The second-order valence-electron chi connectivity index (χ2n) is 5.18. The number of hydrogen-bond donors (Lipinski definition) is 2. The molecule has 3 rings (SSSR count). The minimum atomic E-state index is -1.10. The van der Waals surface area contributed by atoms with E-state index in [1.54, 1.807) is 6.08 Å². The summed E-state index contributed by atoms with van der Waals surface area (Å²) in [6.07, 6.45) is 3.59. The molecule has 0 aliphatic carbocycles. The van der Waals surface area contributed by atoms with Gasteiger partial charge < -0.3 is 14.8 Å². The fraction of sp³-hybridized carbons (Fsp3) is 0.188. The molecule has 2 N–H and O–H groups in total. The molecule has 0 bridgehead atoms. The summed E-state index contributed by atoms with van der Waals surface area (Å²) in [4.78, 5) is 24.7. The van der Waals surface area contributed by atoms with Gasteiger partial charge in [-0.3, -0.25) is 14.5 Å². The Labute approximate surface area is 147 Å². The second-order valence-corrected chi connectivity index (χ2v) is 6.86. The van der Waals surface area contributed by atoms with Crippen LogP contribution in [0.2, 0.25) is 0 Å². The van der Waals surface area contributed by atoms with Crippen molar-refractivity contribution in [3.8, 4) is 0 Å². The van der Waals surface area contributed by atoms with E-state index in [0.717, 1.165) is 33.1 Å². The lowest BCUT2D eigenvalue weighted by Crippen LogP contribution is -2.33. The summed E-state index contributed by atoms with van der Waals surface area (Å²) >= 11 is 6.19. The van der Waals surface area contributed by atoms with Crippen molar-refractivity contribution in [2.24, 2.45) is 0 Å².